The topological polar surface area (TPSA) is 66.4 Å². The molecule has 2 N–H and O–H groups in total. The van der Waals surface area contributed by atoms with Crippen molar-refractivity contribution in [1.29, 1.82) is 0 Å². The van der Waals surface area contributed by atoms with Crippen LogP contribution in [0.4, 0.5) is 0 Å². The Balaban J connectivity index is 2.06. The summed E-state index contributed by atoms with van der Waals surface area (Å²) in [6.45, 7) is 1.97. The first-order chi connectivity index (χ1) is 13.3. The SMILES string of the molecule is CCC[C@@]1(CC(=O)O)C[C@H](c2cccc(Cl)c2)[C@@H](c2ccc(Cl)cc2)NC1=O. The second-order valence-corrected chi connectivity index (χ2v) is 8.34. The first-order valence-electron chi connectivity index (χ1n) is 9.38. The summed E-state index contributed by atoms with van der Waals surface area (Å²) in [6.07, 6.45) is 1.52. The van der Waals surface area contributed by atoms with Crippen LogP contribution in [0, 0.1) is 5.41 Å². The largest absolute Gasteiger partial charge is 0.481 e. The van der Waals surface area contributed by atoms with Gasteiger partial charge in [-0.2, -0.15) is 0 Å². The van der Waals surface area contributed by atoms with Gasteiger partial charge in [0.2, 0.25) is 5.91 Å². The molecule has 28 heavy (non-hydrogen) atoms. The van der Waals surface area contributed by atoms with Crippen molar-refractivity contribution in [2.45, 2.75) is 44.6 Å². The van der Waals surface area contributed by atoms with Crippen molar-refractivity contribution in [3.63, 3.8) is 0 Å². The van der Waals surface area contributed by atoms with E-state index in [0.717, 1.165) is 17.5 Å². The smallest absolute Gasteiger partial charge is 0.304 e. The first-order valence-corrected chi connectivity index (χ1v) is 10.1. The van der Waals surface area contributed by atoms with Gasteiger partial charge in [-0.15, -0.1) is 0 Å². The summed E-state index contributed by atoms with van der Waals surface area (Å²) >= 11 is 12.3. The number of piperidine rings is 1. The van der Waals surface area contributed by atoms with Crippen LogP contribution in [0.5, 0.6) is 0 Å². The van der Waals surface area contributed by atoms with Gasteiger partial charge in [0.25, 0.3) is 0 Å². The number of hydrogen-bond acceptors (Lipinski definition) is 2. The van der Waals surface area contributed by atoms with E-state index in [2.05, 4.69) is 5.32 Å². The number of carbonyl (C=O) groups is 2. The molecule has 2 aromatic carbocycles. The maximum Gasteiger partial charge on any atom is 0.304 e. The second kappa shape index (κ2) is 8.54. The molecule has 0 bridgehead atoms. The Kier molecular flexibility index (Phi) is 6.31. The van der Waals surface area contributed by atoms with Crippen molar-refractivity contribution in [2.24, 2.45) is 5.41 Å². The lowest BCUT2D eigenvalue weighted by molar-refractivity contribution is -0.149. The van der Waals surface area contributed by atoms with Crippen LogP contribution in [0.15, 0.2) is 48.5 Å². The zero-order chi connectivity index (χ0) is 20.3. The van der Waals surface area contributed by atoms with Gasteiger partial charge in [-0.25, -0.2) is 0 Å². The highest BCUT2D eigenvalue weighted by molar-refractivity contribution is 6.30. The van der Waals surface area contributed by atoms with Crippen molar-refractivity contribution in [2.75, 3.05) is 0 Å². The fourth-order valence-corrected chi connectivity index (χ4v) is 4.61. The first kappa shape index (κ1) is 20.7. The highest BCUT2D eigenvalue weighted by Crippen LogP contribution is 2.49. The number of rotatable bonds is 6. The second-order valence-electron chi connectivity index (χ2n) is 7.47. The quantitative estimate of drug-likeness (QED) is 0.639. The van der Waals surface area contributed by atoms with E-state index >= 15 is 0 Å². The molecule has 4 nitrogen and oxygen atoms in total. The number of carbonyl (C=O) groups excluding carboxylic acids is 1. The van der Waals surface area contributed by atoms with Gasteiger partial charge in [0.1, 0.15) is 0 Å². The van der Waals surface area contributed by atoms with Crippen LogP contribution in [0.2, 0.25) is 10.0 Å². The number of carboxylic acids is 1. The lowest BCUT2D eigenvalue weighted by Gasteiger charge is -2.44. The van der Waals surface area contributed by atoms with E-state index < -0.39 is 11.4 Å². The molecule has 0 spiro atoms. The maximum absolute atomic E-state index is 13.1. The molecular weight excluding hydrogens is 397 g/mol. The number of nitrogens with one attached hydrogen (secondary N) is 1. The van der Waals surface area contributed by atoms with Gasteiger partial charge in [0.15, 0.2) is 0 Å². The van der Waals surface area contributed by atoms with Gasteiger partial charge in [-0.3, -0.25) is 9.59 Å². The Labute approximate surface area is 174 Å². The molecule has 1 aliphatic rings. The highest BCUT2D eigenvalue weighted by Gasteiger charge is 2.48. The number of carboxylic acid groups (broad SMARTS) is 1. The normalized spacial score (nSPS) is 24.6. The van der Waals surface area contributed by atoms with Gasteiger partial charge in [-0.05, 0) is 48.2 Å². The van der Waals surface area contributed by atoms with Crippen molar-refractivity contribution < 1.29 is 14.7 Å². The summed E-state index contributed by atoms with van der Waals surface area (Å²) in [6, 6.07) is 14.7. The Morgan fingerprint density at radius 3 is 2.46 bits per heavy atom. The van der Waals surface area contributed by atoms with Crippen LogP contribution >= 0.6 is 23.2 Å². The molecule has 0 unspecified atom stereocenters. The molecule has 3 rings (SSSR count). The monoisotopic (exact) mass is 419 g/mol. The van der Waals surface area contributed by atoms with Crippen LogP contribution in [0.25, 0.3) is 0 Å². The Morgan fingerprint density at radius 2 is 1.86 bits per heavy atom. The van der Waals surface area contributed by atoms with E-state index in [1.54, 1.807) is 18.2 Å². The Hall–Kier alpha value is -2.04. The number of benzene rings is 2. The Bertz CT molecular complexity index is 868. The summed E-state index contributed by atoms with van der Waals surface area (Å²) in [7, 11) is 0. The number of aliphatic carboxylic acids is 1. The maximum atomic E-state index is 13.1. The number of halogens is 2. The summed E-state index contributed by atoms with van der Waals surface area (Å²) < 4.78 is 0. The molecule has 1 aliphatic heterocycles. The molecule has 0 radical (unpaired) electrons. The molecule has 2 aromatic rings. The average Bonchev–Trinajstić information content (AvgIpc) is 2.64. The van der Waals surface area contributed by atoms with Crippen LogP contribution < -0.4 is 5.32 Å². The number of amides is 1. The van der Waals surface area contributed by atoms with Crippen LogP contribution in [-0.2, 0) is 9.59 Å². The summed E-state index contributed by atoms with van der Waals surface area (Å²) in [5.74, 6) is -1.25. The summed E-state index contributed by atoms with van der Waals surface area (Å²) in [5.41, 5.74) is 0.984. The molecule has 3 atom stereocenters. The summed E-state index contributed by atoms with van der Waals surface area (Å²) in [5, 5.41) is 13.8. The summed E-state index contributed by atoms with van der Waals surface area (Å²) in [4.78, 5) is 24.7. The lowest BCUT2D eigenvalue weighted by Crippen LogP contribution is -2.51. The van der Waals surface area contributed by atoms with Crippen LogP contribution in [-0.4, -0.2) is 17.0 Å². The highest BCUT2D eigenvalue weighted by atomic mass is 35.5. The molecule has 1 fully saturated rings. The predicted molar refractivity (Wildman–Crippen MR) is 111 cm³/mol. The fourth-order valence-electron chi connectivity index (χ4n) is 4.28. The molecule has 0 saturated carbocycles. The third kappa shape index (κ3) is 4.34. The van der Waals surface area contributed by atoms with Crippen LogP contribution in [0.1, 0.15) is 55.7 Å². The standard InChI is InChI=1S/C22H23Cl2NO3/c1-2-10-22(13-19(26)27)12-18(15-4-3-5-17(24)11-15)20(25-21(22)28)14-6-8-16(23)9-7-14/h3-9,11,18,20H,2,10,12-13H2,1H3,(H,25,28)(H,26,27)/t18-,20-,22+/m1/s1. The predicted octanol–water partition coefficient (Wildman–Crippen LogP) is 5.60. The minimum absolute atomic E-state index is 0.0940. The lowest BCUT2D eigenvalue weighted by atomic mass is 9.65. The van der Waals surface area contributed by atoms with Gasteiger partial charge in [-0.1, -0.05) is 60.8 Å². The molecule has 0 aromatic heterocycles. The van der Waals surface area contributed by atoms with Gasteiger partial charge in [0.05, 0.1) is 17.9 Å². The fraction of sp³-hybridized carbons (Fsp3) is 0.364. The van der Waals surface area contributed by atoms with E-state index in [1.165, 1.54) is 0 Å². The Morgan fingerprint density at radius 1 is 1.14 bits per heavy atom. The molecule has 1 saturated heterocycles. The molecule has 0 aliphatic carbocycles. The third-order valence-corrected chi connectivity index (χ3v) is 5.99. The van der Waals surface area contributed by atoms with E-state index in [1.807, 2.05) is 37.3 Å². The van der Waals surface area contributed by atoms with Crippen molar-refractivity contribution in [3.8, 4) is 0 Å². The average molecular weight is 420 g/mol. The molecule has 1 heterocycles. The molecule has 1 amide bonds. The van der Waals surface area contributed by atoms with Gasteiger partial charge in [0, 0.05) is 16.0 Å². The van der Waals surface area contributed by atoms with Crippen molar-refractivity contribution >= 4 is 35.1 Å². The minimum atomic E-state index is -0.960. The zero-order valence-electron chi connectivity index (χ0n) is 15.6. The minimum Gasteiger partial charge on any atom is -0.481 e. The molecule has 148 valence electrons. The van der Waals surface area contributed by atoms with E-state index in [4.69, 9.17) is 23.2 Å². The van der Waals surface area contributed by atoms with E-state index in [0.29, 0.717) is 22.9 Å². The molecular formula is C22H23Cl2NO3. The van der Waals surface area contributed by atoms with Gasteiger partial charge >= 0.3 is 5.97 Å². The van der Waals surface area contributed by atoms with E-state index in [9.17, 15) is 14.7 Å². The zero-order valence-corrected chi connectivity index (χ0v) is 17.1. The van der Waals surface area contributed by atoms with Crippen LogP contribution in [0.3, 0.4) is 0 Å². The van der Waals surface area contributed by atoms with Crippen molar-refractivity contribution in [1.82, 2.24) is 5.32 Å². The molecule has 6 heteroatoms. The van der Waals surface area contributed by atoms with Gasteiger partial charge < -0.3 is 10.4 Å². The number of hydrogen-bond donors (Lipinski definition) is 2. The third-order valence-electron chi connectivity index (χ3n) is 5.51. The van der Waals surface area contributed by atoms with Crippen molar-refractivity contribution in [3.05, 3.63) is 69.7 Å². The van der Waals surface area contributed by atoms with E-state index in [-0.39, 0.29) is 24.3 Å².